The van der Waals surface area contributed by atoms with E-state index in [4.69, 9.17) is 0 Å². The van der Waals surface area contributed by atoms with Gasteiger partial charge in [0.05, 0.1) is 17.4 Å². The average Bonchev–Trinajstić information content (AvgIpc) is 3.36. The van der Waals surface area contributed by atoms with Crippen LogP contribution in [0.5, 0.6) is 0 Å². The number of aromatic nitrogens is 4. The zero-order valence-corrected chi connectivity index (χ0v) is 17.9. The molecule has 0 radical (unpaired) electrons. The first kappa shape index (κ1) is 21.4. The van der Waals surface area contributed by atoms with Crippen LogP contribution >= 0.6 is 23.7 Å². The highest BCUT2D eigenvalue weighted by molar-refractivity contribution is 7.13. The van der Waals surface area contributed by atoms with E-state index in [1.165, 1.54) is 0 Å². The monoisotopic (exact) mass is 432 g/mol. The van der Waals surface area contributed by atoms with E-state index < -0.39 is 0 Å². The van der Waals surface area contributed by atoms with Gasteiger partial charge in [-0.1, -0.05) is 35.5 Å². The molecule has 1 aliphatic rings. The number of rotatable bonds is 6. The van der Waals surface area contributed by atoms with E-state index >= 15 is 0 Å². The summed E-state index contributed by atoms with van der Waals surface area (Å²) >= 11 is 1.62. The van der Waals surface area contributed by atoms with Crippen molar-refractivity contribution in [3.63, 3.8) is 0 Å². The first-order valence-electron chi connectivity index (χ1n) is 9.63. The number of piperidine rings is 1. The highest BCUT2D eigenvalue weighted by Crippen LogP contribution is 2.23. The molecule has 0 bridgehead atoms. The first-order chi connectivity index (χ1) is 13.7. The van der Waals surface area contributed by atoms with E-state index in [0.29, 0.717) is 24.7 Å². The van der Waals surface area contributed by atoms with Crippen molar-refractivity contribution in [2.24, 2.45) is 0 Å². The van der Waals surface area contributed by atoms with Crippen molar-refractivity contribution in [2.75, 3.05) is 19.6 Å². The lowest BCUT2D eigenvalue weighted by Crippen LogP contribution is -2.30. The Kier molecular flexibility index (Phi) is 7.35. The number of nitrogens with one attached hydrogen (secondary N) is 2. The minimum absolute atomic E-state index is 0. The molecule has 1 saturated heterocycles. The Morgan fingerprint density at radius 3 is 2.79 bits per heavy atom. The van der Waals surface area contributed by atoms with Crippen molar-refractivity contribution in [3.8, 4) is 10.6 Å². The maximum Gasteiger partial charge on any atom is 0.273 e. The molecule has 3 heterocycles. The Balaban J connectivity index is 0.00000240. The Morgan fingerprint density at radius 2 is 2.03 bits per heavy atom. The van der Waals surface area contributed by atoms with Crippen LogP contribution in [0.2, 0.25) is 0 Å². The van der Waals surface area contributed by atoms with Crippen molar-refractivity contribution in [1.82, 2.24) is 30.6 Å². The van der Waals surface area contributed by atoms with Crippen LogP contribution in [-0.4, -0.2) is 45.5 Å². The van der Waals surface area contributed by atoms with Crippen molar-refractivity contribution in [2.45, 2.75) is 32.2 Å². The number of hydrogen-bond donors (Lipinski definition) is 2. The number of benzene rings is 1. The fraction of sp³-hybridized carbons (Fsp3) is 0.400. The largest absolute Gasteiger partial charge is 0.350 e. The van der Waals surface area contributed by atoms with Crippen molar-refractivity contribution < 1.29 is 4.79 Å². The van der Waals surface area contributed by atoms with Gasteiger partial charge in [-0.05, 0) is 32.9 Å². The van der Waals surface area contributed by atoms with Gasteiger partial charge in [0, 0.05) is 23.9 Å². The number of amides is 1. The second-order valence-corrected chi connectivity index (χ2v) is 7.82. The van der Waals surface area contributed by atoms with Gasteiger partial charge in [0.15, 0.2) is 5.69 Å². The van der Waals surface area contributed by atoms with E-state index in [9.17, 15) is 4.79 Å². The van der Waals surface area contributed by atoms with Gasteiger partial charge >= 0.3 is 0 Å². The maximum absolute atomic E-state index is 12.5. The molecule has 29 heavy (non-hydrogen) atoms. The van der Waals surface area contributed by atoms with Crippen molar-refractivity contribution in [1.29, 1.82) is 0 Å². The highest BCUT2D eigenvalue weighted by Gasteiger charge is 2.22. The Bertz CT molecular complexity index is 936. The van der Waals surface area contributed by atoms with Crippen LogP contribution in [0, 0.1) is 6.92 Å². The molecule has 0 saturated carbocycles. The summed E-state index contributed by atoms with van der Waals surface area (Å²) in [4.78, 5) is 17.2. The number of nitrogens with zero attached hydrogens (tertiary/aromatic N) is 4. The smallest absolute Gasteiger partial charge is 0.273 e. The van der Waals surface area contributed by atoms with Crippen LogP contribution in [0.4, 0.5) is 0 Å². The summed E-state index contributed by atoms with van der Waals surface area (Å²) in [6.07, 6.45) is 2.72. The van der Waals surface area contributed by atoms with Crippen LogP contribution in [0.25, 0.3) is 10.6 Å². The molecule has 0 atom stereocenters. The molecule has 1 aliphatic heterocycles. The molecule has 4 rings (SSSR count). The second kappa shape index (κ2) is 9.96. The fourth-order valence-electron chi connectivity index (χ4n) is 3.47. The van der Waals surface area contributed by atoms with Gasteiger partial charge in [-0.2, -0.15) is 0 Å². The third-order valence-electron chi connectivity index (χ3n) is 5.04. The maximum atomic E-state index is 12.5. The molecule has 3 aromatic rings. The molecule has 9 heteroatoms. The van der Waals surface area contributed by atoms with E-state index in [1.807, 2.05) is 35.2 Å². The van der Waals surface area contributed by atoms with Gasteiger partial charge in [-0.15, -0.1) is 28.8 Å². The zero-order chi connectivity index (χ0) is 19.3. The summed E-state index contributed by atoms with van der Waals surface area (Å²) in [5, 5.41) is 17.7. The van der Waals surface area contributed by atoms with E-state index in [1.54, 1.807) is 11.3 Å². The normalized spacial score (nSPS) is 14.4. The Morgan fingerprint density at radius 1 is 1.28 bits per heavy atom. The second-order valence-electron chi connectivity index (χ2n) is 6.97. The molecule has 0 spiro atoms. The molecule has 154 valence electrons. The molecule has 0 unspecified atom stereocenters. The number of halogens is 1. The fourth-order valence-corrected chi connectivity index (χ4v) is 4.33. The summed E-state index contributed by atoms with van der Waals surface area (Å²) < 4.78 is 1.91. The van der Waals surface area contributed by atoms with Crippen LogP contribution in [-0.2, 0) is 6.42 Å². The summed E-state index contributed by atoms with van der Waals surface area (Å²) in [5.41, 5.74) is 3.36. The summed E-state index contributed by atoms with van der Waals surface area (Å²) in [7, 11) is 0. The van der Waals surface area contributed by atoms with Gasteiger partial charge in [0.1, 0.15) is 5.01 Å². The summed E-state index contributed by atoms with van der Waals surface area (Å²) in [6, 6.07) is 10.4. The molecule has 7 nitrogen and oxygen atoms in total. The Labute approximate surface area is 180 Å². The minimum atomic E-state index is -0.170. The number of carbonyl (C=O) groups is 1. The van der Waals surface area contributed by atoms with Crippen LogP contribution in [0.1, 0.15) is 40.8 Å². The minimum Gasteiger partial charge on any atom is -0.350 e. The van der Waals surface area contributed by atoms with Gasteiger partial charge in [0.25, 0.3) is 5.91 Å². The standard InChI is InChI=1S/C20H24N6OS.ClH/c1-14-18(24-25-26(14)17-8-10-21-11-9-17)19(27)22-12-7-16-13-28-20(23-16)15-5-3-2-4-6-15;/h2-6,13,17,21H,7-12H2,1H3,(H,22,27);1H. The molecule has 0 aliphatic carbocycles. The van der Waals surface area contributed by atoms with Crippen LogP contribution < -0.4 is 10.6 Å². The predicted octanol–water partition coefficient (Wildman–Crippen LogP) is 3.03. The van der Waals surface area contributed by atoms with Crippen molar-refractivity contribution in [3.05, 3.63) is 52.8 Å². The van der Waals surface area contributed by atoms with E-state index in [0.717, 1.165) is 47.9 Å². The predicted molar refractivity (Wildman–Crippen MR) is 117 cm³/mol. The van der Waals surface area contributed by atoms with E-state index in [2.05, 4.69) is 38.1 Å². The van der Waals surface area contributed by atoms with Gasteiger partial charge in [-0.25, -0.2) is 9.67 Å². The molecule has 1 amide bonds. The quantitative estimate of drug-likeness (QED) is 0.625. The van der Waals surface area contributed by atoms with Crippen molar-refractivity contribution >= 4 is 29.7 Å². The lowest BCUT2D eigenvalue weighted by atomic mass is 10.1. The SMILES string of the molecule is Cc1c(C(=O)NCCc2csc(-c3ccccc3)n2)nnn1C1CCNCC1.Cl. The number of thiazole rings is 1. The van der Waals surface area contributed by atoms with Gasteiger partial charge < -0.3 is 10.6 Å². The lowest BCUT2D eigenvalue weighted by molar-refractivity contribution is 0.0948. The molecule has 2 aromatic heterocycles. The molecular formula is C20H25ClN6OS. The number of hydrogen-bond acceptors (Lipinski definition) is 6. The molecule has 2 N–H and O–H groups in total. The Hall–Kier alpha value is -2.29. The molecule has 1 aromatic carbocycles. The first-order valence-corrected chi connectivity index (χ1v) is 10.5. The number of carbonyl (C=O) groups excluding carboxylic acids is 1. The van der Waals surface area contributed by atoms with Crippen LogP contribution in [0.15, 0.2) is 35.7 Å². The third-order valence-corrected chi connectivity index (χ3v) is 5.98. The molecule has 1 fully saturated rings. The molecular weight excluding hydrogens is 408 g/mol. The third kappa shape index (κ3) is 5.01. The summed E-state index contributed by atoms with van der Waals surface area (Å²) in [5.74, 6) is -0.170. The average molecular weight is 433 g/mol. The summed E-state index contributed by atoms with van der Waals surface area (Å²) in [6.45, 7) is 4.40. The van der Waals surface area contributed by atoms with Gasteiger partial charge in [-0.3, -0.25) is 4.79 Å². The van der Waals surface area contributed by atoms with E-state index in [-0.39, 0.29) is 18.3 Å². The topological polar surface area (TPSA) is 84.7 Å². The zero-order valence-electron chi connectivity index (χ0n) is 16.3. The van der Waals surface area contributed by atoms with Crippen LogP contribution in [0.3, 0.4) is 0 Å². The van der Waals surface area contributed by atoms with Gasteiger partial charge in [0.2, 0.25) is 0 Å². The lowest BCUT2D eigenvalue weighted by Gasteiger charge is -2.23. The highest BCUT2D eigenvalue weighted by atomic mass is 35.5.